The number of hydrogen-bond donors (Lipinski definition) is 2. The Kier molecular flexibility index (Phi) is 4.13. The van der Waals surface area contributed by atoms with E-state index in [9.17, 15) is 4.79 Å². The zero-order valence-electron chi connectivity index (χ0n) is 7.87. The first kappa shape index (κ1) is 11.2. The molecule has 4 nitrogen and oxygen atoms in total. The van der Waals surface area contributed by atoms with Gasteiger partial charge in [0.25, 0.3) is 0 Å². The molecule has 0 saturated heterocycles. The van der Waals surface area contributed by atoms with Crippen molar-refractivity contribution in [1.82, 2.24) is 0 Å². The second kappa shape index (κ2) is 5.14. The monoisotopic (exact) mass is 259 g/mol. The summed E-state index contributed by atoms with van der Waals surface area (Å²) < 4.78 is 0.656. The summed E-state index contributed by atoms with van der Waals surface area (Å²) in [5.74, 6) is -0.401. The van der Waals surface area contributed by atoms with E-state index in [1.165, 1.54) is 12.6 Å². The van der Waals surface area contributed by atoms with Crippen LogP contribution in [0.15, 0.2) is 16.8 Å². The second-order valence-corrected chi connectivity index (χ2v) is 4.09. The molecule has 1 saturated carbocycles. The first-order chi connectivity index (χ1) is 6.63. The topological polar surface area (TPSA) is 81.5 Å². The lowest BCUT2D eigenvalue weighted by atomic mass is 9.94. The fourth-order valence-electron chi connectivity index (χ4n) is 1.15. The molecule has 4 N–H and O–H groups in total. The van der Waals surface area contributed by atoms with Gasteiger partial charge in [-0.15, -0.1) is 0 Å². The van der Waals surface area contributed by atoms with Gasteiger partial charge in [0.05, 0.1) is 12.5 Å². The van der Waals surface area contributed by atoms with E-state index in [0.29, 0.717) is 16.2 Å². The average Bonchev–Trinajstić information content (AvgIpc) is 2.06. The first-order valence-electron chi connectivity index (χ1n) is 4.56. The van der Waals surface area contributed by atoms with E-state index in [0.717, 1.165) is 12.8 Å². The Labute approximate surface area is 91.6 Å². The van der Waals surface area contributed by atoms with Gasteiger partial charge in [-0.3, -0.25) is 9.79 Å². The maximum absolute atomic E-state index is 10.7. The Bertz CT molecular complexity index is 282. The van der Waals surface area contributed by atoms with Crippen LogP contribution in [0.2, 0.25) is 0 Å². The van der Waals surface area contributed by atoms with Crippen molar-refractivity contribution in [1.29, 1.82) is 0 Å². The van der Waals surface area contributed by atoms with Crippen molar-refractivity contribution in [3.8, 4) is 0 Å². The number of nitrogens with two attached hydrogens (primary N) is 2. The molecule has 1 aliphatic carbocycles. The molecule has 1 aliphatic rings. The molecule has 0 unspecified atom stereocenters. The first-order valence-corrected chi connectivity index (χ1v) is 5.35. The molecule has 0 aliphatic heterocycles. The number of hydrogen-bond acceptors (Lipinski definition) is 3. The average molecular weight is 260 g/mol. The minimum atomic E-state index is -0.401. The summed E-state index contributed by atoms with van der Waals surface area (Å²) >= 11 is 3.30. The summed E-state index contributed by atoms with van der Waals surface area (Å²) in [7, 11) is 0. The normalized spacial score (nSPS) is 19.2. The molecular weight excluding hydrogens is 246 g/mol. The number of carbonyl (C=O) groups excluding carboxylic acids is 1. The van der Waals surface area contributed by atoms with E-state index in [-0.39, 0.29) is 6.42 Å². The molecule has 0 radical (unpaired) electrons. The molecule has 1 fully saturated rings. The zero-order chi connectivity index (χ0) is 10.6. The Hall–Kier alpha value is -0.840. The van der Waals surface area contributed by atoms with E-state index in [2.05, 4.69) is 20.9 Å². The molecular formula is C9H14BrN3O. The highest BCUT2D eigenvalue weighted by Gasteiger charge is 2.17. The van der Waals surface area contributed by atoms with Gasteiger partial charge in [0.15, 0.2) is 0 Å². The summed E-state index contributed by atoms with van der Waals surface area (Å²) in [5, 5.41) is 0. The molecule has 1 amide bonds. The molecule has 0 spiro atoms. The van der Waals surface area contributed by atoms with Crippen molar-refractivity contribution in [2.24, 2.45) is 16.5 Å². The van der Waals surface area contributed by atoms with Crippen molar-refractivity contribution in [2.75, 3.05) is 0 Å². The van der Waals surface area contributed by atoms with Crippen LogP contribution in [0.1, 0.15) is 25.7 Å². The van der Waals surface area contributed by atoms with Gasteiger partial charge in [0.1, 0.15) is 4.62 Å². The van der Waals surface area contributed by atoms with Gasteiger partial charge in [-0.2, -0.15) is 0 Å². The number of nitrogens with zero attached hydrogens (tertiary/aromatic N) is 1. The maximum Gasteiger partial charge on any atom is 0.221 e. The Morgan fingerprint density at radius 1 is 1.57 bits per heavy atom. The van der Waals surface area contributed by atoms with Gasteiger partial charge in [0.2, 0.25) is 5.91 Å². The molecule has 0 aromatic carbocycles. The minimum absolute atomic E-state index is 0.132. The Morgan fingerprint density at radius 3 is 2.57 bits per heavy atom. The summed E-state index contributed by atoms with van der Waals surface area (Å²) in [6.07, 6.45) is 4.96. The minimum Gasteiger partial charge on any atom is -0.404 e. The van der Waals surface area contributed by atoms with Crippen LogP contribution in [-0.2, 0) is 4.79 Å². The summed E-state index contributed by atoms with van der Waals surface area (Å²) in [4.78, 5) is 15.1. The summed E-state index contributed by atoms with van der Waals surface area (Å²) in [5.41, 5.74) is 11.1. The lowest BCUT2D eigenvalue weighted by Crippen LogP contribution is -2.18. The van der Waals surface area contributed by atoms with Crippen LogP contribution < -0.4 is 11.5 Å². The van der Waals surface area contributed by atoms with Gasteiger partial charge >= 0.3 is 0 Å². The van der Waals surface area contributed by atoms with E-state index in [4.69, 9.17) is 11.5 Å². The van der Waals surface area contributed by atoms with E-state index >= 15 is 0 Å². The van der Waals surface area contributed by atoms with Gasteiger partial charge in [-0.25, -0.2) is 0 Å². The number of halogens is 1. The fourth-order valence-corrected chi connectivity index (χ4v) is 1.71. The molecule has 14 heavy (non-hydrogen) atoms. The quantitative estimate of drug-likeness (QED) is 0.741. The SMILES string of the molecule is NC=C(CC(N)=O)C(Br)=NC1CCC1. The van der Waals surface area contributed by atoms with Crippen LogP contribution in [0, 0.1) is 0 Å². The summed E-state index contributed by atoms with van der Waals surface area (Å²) in [6, 6.07) is 0.382. The standard InChI is InChI=1S/C9H14BrN3O/c10-9(13-7-2-1-3-7)6(5-11)4-8(12)14/h5,7H,1-4,11H2,(H2,12,14). The van der Waals surface area contributed by atoms with Crippen LogP contribution in [0.3, 0.4) is 0 Å². The Morgan fingerprint density at radius 2 is 2.21 bits per heavy atom. The highest BCUT2D eigenvalue weighted by atomic mass is 79.9. The lowest BCUT2D eigenvalue weighted by molar-refractivity contribution is -0.117. The molecule has 0 aromatic rings. The third kappa shape index (κ3) is 3.14. The van der Waals surface area contributed by atoms with E-state index < -0.39 is 5.91 Å². The van der Waals surface area contributed by atoms with E-state index in [1.54, 1.807) is 0 Å². The number of rotatable bonds is 4. The predicted molar refractivity (Wildman–Crippen MR) is 60.1 cm³/mol. The van der Waals surface area contributed by atoms with Crippen LogP contribution in [0.4, 0.5) is 0 Å². The van der Waals surface area contributed by atoms with Gasteiger partial charge in [-0.1, -0.05) is 0 Å². The zero-order valence-corrected chi connectivity index (χ0v) is 9.46. The van der Waals surface area contributed by atoms with Crippen LogP contribution in [-0.4, -0.2) is 16.6 Å². The third-order valence-electron chi connectivity index (χ3n) is 2.20. The molecule has 0 bridgehead atoms. The number of aliphatic imine (C=N–C) groups is 1. The maximum atomic E-state index is 10.7. The predicted octanol–water partition coefficient (Wildman–Crippen LogP) is 1.05. The fraction of sp³-hybridized carbons (Fsp3) is 0.556. The number of carbonyl (C=O) groups is 1. The largest absolute Gasteiger partial charge is 0.404 e. The van der Waals surface area contributed by atoms with Crippen molar-refractivity contribution in [3.63, 3.8) is 0 Å². The lowest BCUT2D eigenvalue weighted by Gasteiger charge is -2.21. The van der Waals surface area contributed by atoms with Gasteiger partial charge in [-0.05, 0) is 35.2 Å². The van der Waals surface area contributed by atoms with Crippen LogP contribution >= 0.6 is 15.9 Å². The third-order valence-corrected chi connectivity index (χ3v) is 2.92. The molecule has 78 valence electrons. The molecule has 1 rings (SSSR count). The van der Waals surface area contributed by atoms with Crippen LogP contribution in [0.25, 0.3) is 0 Å². The molecule has 5 heteroatoms. The summed E-state index contributed by atoms with van der Waals surface area (Å²) in [6.45, 7) is 0. The molecule has 0 atom stereocenters. The van der Waals surface area contributed by atoms with Crippen molar-refractivity contribution >= 4 is 26.5 Å². The van der Waals surface area contributed by atoms with Crippen molar-refractivity contribution in [3.05, 3.63) is 11.8 Å². The molecule has 0 aromatic heterocycles. The second-order valence-electron chi connectivity index (χ2n) is 3.34. The number of amides is 1. The Balaban J connectivity index is 2.59. The van der Waals surface area contributed by atoms with Crippen molar-refractivity contribution in [2.45, 2.75) is 31.7 Å². The van der Waals surface area contributed by atoms with Gasteiger partial charge in [0, 0.05) is 11.8 Å². The highest BCUT2D eigenvalue weighted by molar-refractivity contribution is 9.18. The smallest absolute Gasteiger partial charge is 0.221 e. The number of primary amides is 1. The molecule has 0 heterocycles. The van der Waals surface area contributed by atoms with Crippen LogP contribution in [0.5, 0.6) is 0 Å². The van der Waals surface area contributed by atoms with Crippen molar-refractivity contribution < 1.29 is 4.79 Å². The highest BCUT2D eigenvalue weighted by Crippen LogP contribution is 2.24. The van der Waals surface area contributed by atoms with E-state index in [1.807, 2.05) is 0 Å². The van der Waals surface area contributed by atoms with Gasteiger partial charge < -0.3 is 11.5 Å².